The average Bonchev–Trinajstić information content (AvgIpc) is 3.13. The third kappa shape index (κ3) is 5.49. The van der Waals surface area contributed by atoms with Crippen molar-refractivity contribution in [1.82, 2.24) is 10.3 Å². The number of thiazole rings is 1. The van der Waals surface area contributed by atoms with Gasteiger partial charge in [-0.15, -0.1) is 11.3 Å². The molecule has 1 aromatic carbocycles. The highest BCUT2D eigenvalue weighted by atomic mass is 35.5. The Balaban J connectivity index is 1.76. The Kier molecular flexibility index (Phi) is 7.94. The molecule has 7 nitrogen and oxygen atoms in total. The minimum Gasteiger partial charge on any atom is -0.395 e. The van der Waals surface area contributed by atoms with Gasteiger partial charge in [-0.1, -0.05) is 46.6 Å². The second-order valence-corrected chi connectivity index (χ2v) is 9.40. The Morgan fingerprint density at radius 3 is 2.66 bits per heavy atom. The van der Waals surface area contributed by atoms with E-state index in [2.05, 4.69) is 10.3 Å². The minimum absolute atomic E-state index is 0.294. The van der Waals surface area contributed by atoms with Gasteiger partial charge in [0, 0.05) is 16.5 Å². The number of rotatable bonds is 6. The Bertz CT molecular complexity index is 885. The van der Waals surface area contributed by atoms with Crippen molar-refractivity contribution in [1.29, 1.82) is 0 Å². The molecular weight excluding hydrogens is 481 g/mol. The van der Waals surface area contributed by atoms with Gasteiger partial charge in [-0.2, -0.15) is 0 Å². The molecule has 12 heteroatoms. The molecule has 0 saturated carbocycles. The lowest BCUT2D eigenvalue weighted by Gasteiger charge is -2.42. The zero-order valence-electron chi connectivity index (χ0n) is 14.7. The van der Waals surface area contributed by atoms with Crippen LogP contribution >= 0.6 is 57.9 Å². The number of nitrogens with zero attached hydrogens (tertiary/aromatic N) is 1. The van der Waals surface area contributed by atoms with Crippen LogP contribution in [-0.2, 0) is 4.74 Å². The maximum absolute atomic E-state index is 10.8. The smallest absolute Gasteiger partial charge is 0.142 e. The third-order valence-corrected chi connectivity index (χ3v) is 7.28. The number of hydrogen-bond acceptors (Lipinski definition) is 9. The molecule has 1 aliphatic rings. The summed E-state index contributed by atoms with van der Waals surface area (Å²) in [7, 11) is 0. The first-order chi connectivity index (χ1) is 13.8. The van der Waals surface area contributed by atoms with E-state index in [0.29, 0.717) is 30.8 Å². The molecule has 3 rings (SSSR count). The molecule has 5 atom stereocenters. The summed E-state index contributed by atoms with van der Waals surface area (Å²) in [6.45, 7) is -0.425. The lowest BCUT2D eigenvalue weighted by molar-refractivity contribution is -0.164. The summed E-state index contributed by atoms with van der Waals surface area (Å²) in [6, 6.07) is 4.17. The SMILES string of the molecule is N/C(=C\NC1C(O)C(CO)OC(Sc2ccc(Cl)c(Cl)c2)C1O)c1nc(Cl)cs1. The summed E-state index contributed by atoms with van der Waals surface area (Å²) < 4.78 is 5.68. The van der Waals surface area contributed by atoms with E-state index in [1.165, 1.54) is 29.3 Å². The second-order valence-electron chi connectivity index (χ2n) is 6.17. The van der Waals surface area contributed by atoms with Gasteiger partial charge in [-0.25, -0.2) is 4.98 Å². The summed E-state index contributed by atoms with van der Waals surface area (Å²) in [5.41, 5.74) is 5.49. The van der Waals surface area contributed by atoms with E-state index >= 15 is 0 Å². The normalized spacial score (nSPS) is 27.8. The number of halogens is 3. The Labute approximate surface area is 190 Å². The van der Waals surface area contributed by atoms with Gasteiger partial charge >= 0.3 is 0 Å². The van der Waals surface area contributed by atoms with Gasteiger partial charge in [0.05, 0.1) is 28.4 Å². The van der Waals surface area contributed by atoms with E-state index in [1.54, 1.807) is 23.6 Å². The predicted octanol–water partition coefficient (Wildman–Crippen LogP) is 2.55. The Morgan fingerprint density at radius 1 is 1.28 bits per heavy atom. The van der Waals surface area contributed by atoms with Crippen molar-refractivity contribution >= 4 is 63.6 Å². The molecular formula is C17H18Cl3N3O4S2. The van der Waals surface area contributed by atoms with Gasteiger partial charge < -0.3 is 31.1 Å². The molecule has 29 heavy (non-hydrogen) atoms. The Morgan fingerprint density at radius 2 is 2.03 bits per heavy atom. The molecule has 2 aromatic rings. The topological polar surface area (TPSA) is 121 Å². The van der Waals surface area contributed by atoms with E-state index in [1.807, 2.05) is 0 Å². The number of aromatic nitrogens is 1. The van der Waals surface area contributed by atoms with Crippen LogP contribution in [-0.4, -0.2) is 56.7 Å². The summed E-state index contributed by atoms with van der Waals surface area (Å²) in [4.78, 5) is 4.77. The molecule has 0 aliphatic carbocycles. The van der Waals surface area contributed by atoms with Gasteiger partial charge in [-0.05, 0) is 18.2 Å². The van der Waals surface area contributed by atoms with Gasteiger partial charge in [0.1, 0.15) is 33.9 Å². The first kappa shape index (κ1) is 22.9. The molecule has 0 bridgehead atoms. The van der Waals surface area contributed by atoms with Gasteiger partial charge in [0.25, 0.3) is 0 Å². The summed E-state index contributed by atoms with van der Waals surface area (Å²) in [5, 5.41) is 37.0. The van der Waals surface area contributed by atoms with Crippen LogP contribution in [0.4, 0.5) is 0 Å². The van der Waals surface area contributed by atoms with Crippen molar-refractivity contribution < 1.29 is 20.1 Å². The molecule has 1 aliphatic heterocycles. The molecule has 158 valence electrons. The van der Waals surface area contributed by atoms with Crippen molar-refractivity contribution in [2.24, 2.45) is 5.73 Å². The summed E-state index contributed by atoms with van der Waals surface area (Å²) >= 11 is 20.2. The van der Waals surface area contributed by atoms with Crippen LogP contribution in [0.3, 0.4) is 0 Å². The predicted molar refractivity (Wildman–Crippen MR) is 116 cm³/mol. The molecule has 1 aromatic heterocycles. The minimum atomic E-state index is -1.18. The number of benzene rings is 1. The van der Waals surface area contributed by atoms with Crippen LogP contribution in [0.25, 0.3) is 5.70 Å². The van der Waals surface area contributed by atoms with Crippen LogP contribution in [0.15, 0.2) is 34.7 Å². The molecule has 2 heterocycles. The zero-order chi connectivity index (χ0) is 21.1. The van der Waals surface area contributed by atoms with Crippen LogP contribution in [0.1, 0.15) is 5.01 Å². The van der Waals surface area contributed by atoms with Crippen molar-refractivity contribution in [3.8, 4) is 0 Å². The monoisotopic (exact) mass is 497 g/mol. The lowest BCUT2D eigenvalue weighted by Crippen LogP contribution is -2.62. The molecule has 1 saturated heterocycles. The molecule has 0 amide bonds. The van der Waals surface area contributed by atoms with E-state index in [9.17, 15) is 15.3 Å². The number of aliphatic hydroxyl groups excluding tert-OH is 3. The quantitative estimate of drug-likeness (QED) is 0.412. The number of hydrogen-bond donors (Lipinski definition) is 5. The molecule has 0 radical (unpaired) electrons. The Hall–Kier alpha value is -0.750. The van der Waals surface area contributed by atoms with Gasteiger partial charge in [0.2, 0.25) is 0 Å². The summed E-state index contributed by atoms with van der Waals surface area (Å²) in [5.74, 6) is 0. The van der Waals surface area contributed by atoms with E-state index in [4.69, 9.17) is 45.3 Å². The fraction of sp³-hybridized carbons (Fsp3) is 0.353. The van der Waals surface area contributed by atoms with Crippen molar-refractivity contribution in [3.05, 3.63) is 50.0 Å². The number of nitrogens with one attached hydrogen (secondary N) is 1. The van der Waals surface area contributed by atoms with Gasteiger partial charge in [-0.3, -0.25) is 0 Å². The lowest BCUT2D eigenvalue weighted by atomic mass is 9.97. The number of aliphatic hydroxyl groups is 3. The molecule has 0 spiro atoms. The number of ether oxygens (including phenoxy) is 1. The third-order valence-electron chi connectivity index (χ3n) is 4.18. The van der Waals surface area contributed by atoms with Crippen molar-refractivity contribution in [2.75, 3.05) is 6.61 Å². The maximum atomic E-state index is 10.8. The highest BCUT2D eigenvalue weighted by Crippen LogP contribution is 2.36. The first-order valence-electron chi connectivity index (χ1n) is 8.37. The van der Waals surface area contributed by atoms with Crippen molar-refractivity contribution in [2.45, 2.75) is 34.7 Å². The number of thioether (sulfide) groups is 1. The van der Waals surface area contributed by atoms with E-state index < -0.39 is 36.4 Å². The fourth-order valence-corrected chi connectivity index (χ4v) is 5.05. The van der Waals surface area contributed by atoms with Gasteiger partial charge in [0.15, 0.2) is 0 Å². The van der Waals surface area contributed by atoms with E-state index in [0.717, 1.165) is 0 Å². The molecule has 6 N–H and O–H groups in total. The highest BCUT2D eigenvalue weighted by Gasteiger charge is 2.44. The van der Waals surface area contributed by atoms with Crippen molar-refractivity contribution in [3.63, 3.8) is 0 Å². The average molecular weight is 499 g/mol. The molecule has 1 fully saturated rings. The largest absolute Gasteiger partial charge is 0.395 e. The summed E-state index contributed by atoms with van der Waals surface area (Å²) in [6.07, 6.45) is -1.77. The van der Waals surface area contributed by atoms with Crippen LogP contribution in [0, 0.1) is 0 Å². The number of nitrogens with two attached hydrogens (primary N) is 1. The first-order valence-corrected chi connectivity index (χ1v) is 11.3. The standard InChI is InChI=1S/C17H18Cl3N3O4S2/c18-8-2-1-7(3-9(8)19)29-17-15(26)13(14(25)11(5-24)27-17)22-4-10(21)16-23-12(20)6-28-16/h1-4,6,11,13-15,17,22,24-26H,5,21H2/b10-4-. The fourth-order valence-electron chi connectivity index (χ4n) is 2.70. The second kappa shape index (κ2) is 10.0. The van der Waals surface area contributed by atoms with Crippen LogP contribution in [0.2, 0.25) is 15.2 Å². The molecule has 5 unspecified atom stereocenters. The van der Waals surface area contributed by atoms with Crippen LogP contribution < -0.4 is 11.1 Å². The maximum Gasteiger partial charge on any atom is 0.142 e. The van der Waals surface area contributed by atoms with E-state index in [-0.39, 0.29) is 0 Å². The zero-order valence-corrected chi connectivity index (χ0v) is 18.6. The van der Waals surface area contributed by atoms with Crippen LogP contribution in [0.5, 0.6) is 0 Å². The highest BCUT2D eigenvalue weighted by molar-refractivity contribution is 7.99.